The Labute approximate surface area is 211 Å². The van der Waals surface area contributed by atoms with E-state index in [1.54, 1.807) is 0 Å². The standard InChI is InChI=1S/C22H4F14N3O/c1-39(40)20-6(4(2-37)8-12(23)16(27)10(21(31,32)33)17(28)13(8)24)7(20)5(3-38)9-14(25)18(29)11(22(34,35)36)19(30)15(9)26/h4H,1H3/q-1. The Hall–Kier alpha value is -4.39. The van der Waals surface area contributed by atoms with Crippen molar-refractivity contribution in [3.8, 4) is 6.07 Å². The van der Waals surface area contributed by atoms with E-state index in [2.05, 4.69) is 0 Å². The van der Waals surface area contributed by atoms with E-state index >= 15 is 0 Å². The zero-order valence-corrected chi connectivity index (χ0v) is 18.6. The number of benzene rings is 2. The van der Waals surface area contributed by atoms with Crippen molar-refractivity contribution in [2.45, 2.75) is 18.3 Å². The van der Waals surface area contributed by atoms with Crippen LogP contribution in [0.1, 0.15) is 39.3 Å². The Morgan fingerprint density at radius 3 is 1.38 bits per heavy atom. The third-order valence-electron chi connectivity index (χ3n) is 5.46. The fraction of sp³-hybridized carbons (Fsp3) is 0.182. The van der Waals surface area contributed by atoms with Crippen molar-refractivity contribution in [1.29, 1.82) is 5.26 Å². The number of hydroxylamine groups is 1. The zero-order chi connectivity index (χ0) is 30.8. The number of nitriles is 1. The molecule has 1 atom stereocenters. The molecular weight excluding hydrogens is 588 g/mol. The number of rotatable bonds is 4. The van der Waals surface area contributed by atoms with Crippen LogP contribution in [-0.4, -0.2) is 12.9 Å². The average Bonchev–Trinajstić information content (AvgIpc) is 3.55. The van der Waals surface area contributed by atoms with Crippen LogP contribution >= 0.6 is 0 Å². The van der Waals surface area contributed by atoms with Crippen LogP contribution in [0.25, 0.3) is 11.0 Å². The Kier molecular flexibility index (Phi) is 7.28. The molecule has 18 heteroatoms. The molecule has 0 aliphatic rings. The maximum absolute atomic E-state index is 14.6. The van der Waals surface area contributed by atoms with E-state index in [4.69, 9.17) is 0 Å². The van der Waals surface area contributed by atoms with Crippen LogP contribution in [0.5, 0.6) is 0 Å². The highest BCUT2D eigenvalue weighted by molar-refractivity contribution is 6.03. The van der Waals surface area contributed by atoms with Gasteiger partial charge >= 0.3 is 12.4 Å². The van der Waals surface area contributed by atoms with Crippen LogP contribution in [0.15, 0.2) is 0 Å². The third kappa shape index (κ3) is 4.45. The molecule has 40 heavy (non-hydrogen) atoms. The molecule has 0 amide bonds. The summed E-state index contributed by atoms with van der Waals surface area (Å²) in [6, 6.07) is 0.955. The molecule has 0 aliphatic heterocycles. The molecule has 0 spiro atoms. The molecule has 3 aromatic carbocycles. The Bertz CT molecular complexity index is 1630. The van der Waals surface area contributed by atoms with Gasteiger partial charge in [-0.1, -0.05) is 0 Å². The molecule has 0 saturated heterocycles. The van der Waals surface area contributed by atoms with Crippen molar-refractivity contribution < 1.29 is 61.5 Å². The predicted molar refractivity (Wildman–Crippen MR) is 104 cm³/mol. The summed E-state index contributed by atoms with van der Waals surface area (Å²) in [6.07, 6.45) is -12.0. The van der Waals surface area contributed by atoms with Crippen molar-refractivity contribution in [3.05, 3.63) is 95.9 Å². The van der Waals surface area contributed by atoms with Gasteiger partial charge in [0.1, 0.15) is 24.1 Å². The van der Waals surface area contributed by atoms with Gasteiger partial charge in [0.05, 0.1) is 28.3 Å². The summed E-state index contributed by atoms with van der Waals surface area (Å²) in [6.45, 7) is 0. The summed E-state index contributed by atoms with van der Waals surface area (Å²) in [5, 5.41) is 29.6. The smallest absolute Gasteiger partial charge is 0.422 e. The lowest BCUT2D eigenvalue weighted by atomic mass is 9.92. The molecule has 0 N–H and O–H groups in total. The fourth-order valence-corrected chi connectivity index (χ4v) is 3.81. The zero-order valence-electron chi connectivity index (χ0n) is 18.6. The number of hydrogen-bond donors (Lipinski definition) is 0. The highest BCUT2D eigenvalue weighted by Gasteiger charge is 2.48. The number of hydrogen-bond acceptors (Lipinski definition) is 2. The van der Waals surface area contributed by atoms with Gasteiger partial charge in [0.25, 0.3) is 0 Å². The second kappa shape index (κ2) is 9.66. The van der Waals surface area contributed by atoms with Crippen molar-refractivity contribution in [2.24, 2.45) is 0 Å². The van der Waals surface area contributed by atoms with Crippen molar-refractivity contribution in [1.82, 2.24) is 4.74 Å². The first-order valence-electron chi connectivity index (χ1n) is 9.81. The highest BCUT2D eigenvalue weighted by atomic mass is 19.4. The van der Waals surface area contributed by atoms with E-state index in [9.17, 15) is 77.3 Å². The van der Waals surface area contributed by atoms with Gasteiger partial charge < -0.3 is 10.6 Å². The van der Waals surface area contributed by atoms with Gasteiger partial charge in [-0.3, -0.25) is 5.87 Å². The summed E-state index contributed by atoms with van der Waals surface area (Å²) in [7, 11) is 0.493. The van der Waals surface area contributed by atoms with Gasteiger partial charge in [-0.2, -0.15) is 31.6 Å². The molecule has 3 rings (SSSR count). The molecule has 212 valence electrons. The first kappa shape index (κ1) is 30.2. The molecule has 0 aromatic heterocycles. The molecule has 0 fully saturated rings. The lowest BCUT2D eigenvalue weighted by Gasteiger charge is -2.16. The minimum Gasteiger partial charge on any atom is -0.763 e. The van der Waals surface area contributed by atoms with Gasteiger partial charge in [-0.15, -0.1) is 0 Å². The maximum Gasteiger partial charge on any atom is 0.422 e. The van der Waals surface area contributed by atoms with Gasteiger partial charge in [-0.05, 0) is 0 Å². The van der Waals surface area contributed by atoms with Crippen LogP contribution in [-0.2, 0) is 12.4 Å². The van der Waals surface area contributed by atoms with Crippen LogP contribution < -0.4 is 10.1 Å². The van der Waals surface area contributed by atoms with Gasteiger partial charge in [0.2, 0.25) is 5.36 Å². The van der Waals surface area contributed by atoms with Gasteiger partial charge in [0, 0.05) is 5.57 Å². The Morgan fingerprint density at radius 2 is 1.07 bits per heavy atom. The summed E-state index contributed by atoms with van der Waals surface area (Å²) < 4.78 is 192. The topological polar surface area (TPSA) is 72.2 Å². The molecule has 4 nitrogen and oxygen atoms in total. The average molecular weight is 592 g/mol. The highest BCUT2D eigenvalue weighted by Crippen LogP contribution is 2.44. The minimum absolute atomic E-state index is 0.397. The first-order valence-corrected chi connectivity index (χ1v) is 9.81. The van der Waals surface area contributed by atoms with Crippen molar-refractivity contribution in [2.75, 3.05) is 7.05 Å². The molecule has 3 aromatic rings. The van der Waals surface area contributed by atoms with Gasteiger partial charge in [-0.25, -0.2) is 39.9 Å². The first-order chi connectivity index (χ1) is 18.2. The Balaban J connectivity index is 2.38. The van der Waals surface area contributed by atoms with Gasteiger partial charge in [0.15, 0.2) is 46.5 Å². The fourth-order valence-electron chi connectivity index (χ4n) is 3.81. The molecule has 0 heterocycles. The minimum atomic E-state index is -6.00. The summed E-state index contributed by atoms with van der Waals surface area (Å²) in [4.78, 5) is 0. The second-order valence-electron chi connectivity index (χ2n) is 7.73. The van der Waals surface area contributed by atoms with Crippen molar-refractivity contribution in [3.63, 3.8) is 0 Å². The molecule has 1 unspecified atom stereocenters. The molecule has 0 bridgehead atoms. The largest absolute Gasteiger partial charge is 0.763 e. The quantitative estimate of drug-likeness (QED) is 0.124. The van der Waals surface area contributed by atoms with Crippen LogP contribution in [0.4, 0.5) is 61.5 Å². The van der Waals surface area contributed by atoms with Crippen molar-refractivity contribution >= 4 is 11.4 Å². The monoisotopic (exact) mass is 592 g/mol. The SMILES string of the molecule is C[N+]([O-])=c1c(C(=C=[N-])c2c(F)c(F)c(C(F)(F)F)c(F)c2F)c1C(C#N)c1c(F)c(F)c(C(F)(F)F)c(F)c1F. The number of alkyl halides is 6. The normalized spacial score (nSPS) is 13.8. The lowest BCUT2D eigenvalue weighted by Crippen LogP contribution is -2.19. The number of halogens is 14. The van der Waals surface area contributed by atoms with Crippen LogP contribution in [0.3, 0.4) is 0 Å². The molecular formula is C22H4F14N3O-. The van der Waals surface area contributed by atoms with Crippen LogP contribution in [0, 0.1) is 63.1 Å². The van der Waals surface area contributed by atoms with E-state index in [1.807, 2.05) is 0 Å². The predicted octanol–water partition coefficient (Wildman–Crippen LogP) is 5.94. The molecule has 0 radical (unpaired) electrons. The Morgan fingerprint density at radius 1 is 0.700 bits per heavy atom. The van der Waals surface area contributed by atoms with E-state index in [0.717, 1.165) is 11.9 Å². The third-order valence-corrected chi connectivity index (χ3v) is 5.46. The summed E-state index contributed by atoms with van der Waals surface area (Å²) in [5.74, 6) is -25.5. The molecule has 0 saturated carbocycles. The summed E-state index contributed by atoms with van der Waals surface area (Å²) >= 11 is 0. The van der Waals surface area contributed by atoms with E-state index < -0.39 is 114 Å². The lowest BCUT2D eigenvalue weighted by molar-refractivity contribution is -0.144. The second-order valence-corrected chi connectivity index (χ2v) is 7.73. The number of nitrogens with zero attached hydrogens (tertiary/aromatic N) is 3. The molecule has 0 aliphatic carbocycles. The van der Waals surface area contributed by atoms with E-state index in [0.29, 0.717) is 7.05 Å². The van der Waals surface area contributed by atoms with E-state index in [-0.39, 0.29) is 0 Å². The maximum atomic E-state index is 14.6. The van der Waals surface area contributed by atoms with Crippen LogP contribution in [0.2, 0.25) is 0 Å². The van der Waals surface area contributed by atoms with E-state index in [1.165, 1.54) is 0 Å². The summed E-state index contributed by atoms with van der Waals surface area (Å²) in [5.41, 5.74) is -14.6.